The number of nitrogens with two attached hydrogens (primary N) is 1. The minimum Gasteiger partial charge on any atom is -0.492 e. The molecule has 0 saturated heterocycles. The molecule has 0 bridgehead atoms. The predicted molar refractivity (Wildman–Crippen MR) is 76.0 cm³/mol. The maximum atomic E-state index is 7.31. The summed E-state index contributed by atoms with van der Waals surface area (Å²) in [6, 6.07) is 7.19. The smallest absolute Gasteiger partial charge is 0.137 e. The fourth-order valence-corrected chi connectivity index (χ4v) is 2.44. The Bertz CT molecular complexity index is 540. The number of rotatable bonds is 5. The van der Waals surface area contributed by atoms with Crippen molar-refractivity contribution in [2.45, 2.75) is 6.42 Å². The van der Waals surface area contributed by atoms with Crippen molar-refractivity contribution in [2.75, 3.05) is 6.61 Å². The van der Waals surface area contributed by atoms with E-state index in [1.54, 1.807) is 29.5 Å². The summed E-state index contributed by atoms with van der Waals surface area (Å²) in [5.74, 6) is 0.624. The van der Waals surface area contributed by atoms with Crippen molar-refractivity contribution < 1.29 is 4.74 Å². The first-order valence-corrected chi connectivity index (χ1v) is 6.76. The van der Waals surface area contributed by atoms with Gasteiger partial charge in [0, 0.05) is 12.0 Å². The Morgan fingerprint density at radius 1 is 1.39 bits per heavy atom. The van der Waals surface area contributed by atoms with Crippen molar-refractivity contribution in [2.24, 2.45) is 5.73 Å². The molecule has 3 N–H and O–H groups in total. The molecule has 18 heavy (non-hydrogen) atoms. The fourth-order valence-electron chi connectivity index (χ4n) is 1.50. The zero-order valence-electron chi connectivity index (χ0n) is 9.65. The summed E-state index contributed by atoms with van der Waals surface area (Å²) in [5.41, 5.74) is 7.24. The van der Waals surface area contributed by atoms with Gasteiger partial charge in [0.2, 0.25) is 0 Å². The Morgan fingerprint density at radius 3 is 2.83 bits per heavy atom. The lowest BCUT2D eigenvalue weighted by Gasteiger charge is -2.08. The molecule has 1 aromatic carbocycles. The SMILES string of the molecule is N=C(N)c1ccc(OCCc2ccsc2)c(Cl)c1. The second-order valence-corrected chi connectivity index (χ2v) is 4.98. The summed E-state index contributed by atoms with van der Waals surface area (Å²) in [6.07, 6.45) is 0.855. The Morgan fingerprint density at radius 2 is 2.22 bits per heavy atom. The number of benzene rings is 1. The van der Waals surface area contributed by atoms with Gasteiger partial charge in [0.05, 0.1) is 11.6 Å². The molecule has 2 aromatic rings. The first-order chi connectivity index (χ1) is 8.66. The number of hydrogen-bond donors (Lipinski definition) is 2. The van der Waals surface area contributed by atoms with Crippen LogP contribution >= 0.6 is 22.9 Å². The predicted octanol–water partition coefficient (Wildman–Crippen LogP) is 3.31. The van der Waals surface area contributed by atoms with Crippen molar-refractivity contribution in [1.29, 1.82) is 5.41 Å². The molecule has 1 heterocycles. The molecule has 0 aliphatic heterocycles. The van der Waals surface area contributed by atoms with Crippen LogP contribution in [0.5, 0.6) is 5.75 Å². The number of nitrogens with one attached hydrogen (secondary N) is 1. The molecule has 1 aromatic heterocycles. The average Bonchev–Trinajstić information content (AvgIpc) is 2.84. The van der Waals surface area contributed by atoms with E-state index in [4.69, 9.17) is 27.5 Å². The van der Waals surface area contributed by atoms with Crippen molar-refractivity contribution in [3.63, 3.8) is 0 Å². The highest BCUT2D eigenvalue weighted by atomic mass is 35.5. The van der Waals surface area contributed by atoms with Crippen LogP contribution in [0.4, 0.5) is 0 Å². The second kappa shape index (κ2) is 5.89. The van der Waals surface area contributed by atoms with Crippen LogP contribution in [0.3, 0.4) is 0 Å². The lowest BCUT2D eigenvalue weighted by atomic mass is 10.2. The van der Waals surface area contributed by atoms with Gasteiger partial charge in [0.15, 0.2) is 0 Å². The minimum absolute atomic E-state index is 0.00160. The van der Waals surface area contributed by atoms with Crippen LogP contribution in [0.1, 0.15) is 11.1 Å². The molecule has 94 valence electrons. The van der Waals surface area contributed by atoms with E-state index in [1.165, 1.54) is 5.56 Å². The van der Waals surface area contributed by atoms with Crippen molar-refractivity contribution in [3.8, 4) is 5.75 Å². The maximum Gasteiger partial charge on any atom is 0.137 e. The largest absolute Gasteiger partial charge is 0.492 e. The fraction of sp³-hybridized carbons (Fsp3) is 0.154. The van der Waals surface area contributed by atoms with Gasteiger partial charge in [-0.1, -0.05) is 11.6 Å². The molecule has 3 nitrogen and oxygen atoms in total. The van der Waals surface area contributed by atoms with Crippen LogP contribution in [0.25, 0.3) is 0 Å². The van der Waals surface area contributed by atoms with Crippen LogP contribution < -0.4 is 10.5 Å². The zero-order valence-corrected chi connectivity index (χ0v) is 11.2. The van der Waals surface area contributed by atoms with Crippen molar-refractivity contribution >= 4 is 28.8 Å². The Kier molecular flexibility index (Phi) is 4.23. The Hall–Kier alpha value is -1.52. The summed E-state index contributed by atoms with van der Waals surface area (Å²) in [6.45, 7) is 0.579. The van der Waals surface area contributed by atoms with E-state index >= 15 is 0 Å². The second-order valence-electron chi connectivity index (χ2n) is 3.79. The number of amidine groups is 1. The molecule has 0 spiro atoms. The van der Waals surface area contributed by atoms with Gasteiger partial charge in [0.1, 0.15) is 11.6 Å². The van der Waals surface area contributed by atoms with Crippen molar-refractivity contribution in [3.05, 3.63) is 51.2 Å². The van der Waals surface area contributed by atoms with E-state index < -0.39 is 0 Å². The highest BCUT2D eigenvalue weighted by molar-refractivity contribution is 7.07. The molecular weight excluding hydrogens is 268 g/mol. The standard InChI is InChI=1S/C13H13ClN2OS/c14-11-7-10(13(15)16)1-2-12(11)17-5-3-9-4-6-18-8-9/h1-2,4,6-8H,3,5H2,(H3,15,16). The van der Waals surface area contributed by atoms with Crippen LogP contribution in [0.2, 0.25) is 5.02 Å². The summed E-state index contributed by atoms with van der Waals surface area (Å²) in [5, 5.41) is 11.9. The minimum atomic E-state index is 0.00160. The maximum absolute atomic E-state index is 7.31. The van der Waals surface area contributed by atoms with Crippen LogP contribution in [-0.2, 0) is 6.42 Å². The summed E-state index contributed by atoms with van der Waals surface area (Å²) in [4.78, 5) is 0. The number of hydrogen-bond acceptors (Lipinski definition) is 3. The van der Waals surface area contributed by atoms with Gasteiger partial charge in [-0.05, 0) is 40.6 Å². The molecule has 0 amide bonds. The lowest BCUT2D eigenvalue weighted by Crippen LogP contribution is -2.11. The molecule has 0 fully saturated rings. The van der Waals surface area contributed by atoms with Crippen LogP contribution in [-0.4, -0.2) is 12.4 Å². The monoisotopic (exact) mass is 280 g/mol. The highest BCUT2D eigenvalue weighted by Gasteiger charge is 2.05. The third-order valence-corrected chi connectivity index (χ3v) is 3.50. The summed E-state index contributed by atoms with van der Waals surface area (Å²) in [7, 11) is 0. The molecule has 0 atom stereocenters. The van der Waals surface area contributed by atoms with Gasteiger partial charge in [-0.2, -0.15) is 11.3 Å². The third-order valence-electron chi connectivity index (χ3n) is 2.47. The average molecular weight is 281 g/mol. The van der Waals surface area contributed by atoms with Gasteiger partial charge in [0.25, 0.3) is 0 Å². The van der Waals surface area contributed by atoms with E-state index in [-0.39, 0.29) is 5.84 Å². The van der Waals surface area contributed by atoms with Crippen LogP contribution in [0, 0.1) is 5.41 Å². The van der Waals surface area contributed by atoms with E-state index in [2.05, 4.69) is 11.4 Å². The number of halogens is 1. The molecule has 5 heteroatoms. The molecule has 0 aliphatic carbocycles. The quantitative estimate of drug-likeness (QED) is 0.652. The Labute approximate surface area is 115 Å². The molecular formula is C13H13ClN2OS. The number of ether oxygens (including phenoxy) is 1. The normalized spacial score (nSPS) is 10.3. The van der Waals surface area contributed by atoms with E-state index in [1.807, 2.05) is 5.38 Å². The van der Waals surface area contributed by atoms with Crippen LogP contribution in [0.15, 0.2) is 35.0 Å². The first kappa shape index (κ1) is 12.9. The molecule has 0 saturated carbocycles. The summed E-state index contributed by atoms with van der Waals surface area (Å²) < 4.78 is 5.61. The Balaban J connectivity index is 1.95. The van der Waals surface area contributed by atoms with Crippen molar-refractivity contribution in [1.82, 2.24) is 0 Å². The molecule has 0 radical (unpaired) electrons. The molecule has 0 aliphatic rings. The van der Waals surface area contributed by atoms with Gasteiger partial charge >= 0.3 is 0 Å². The van der Waals surface area contributed by atoms with Gasteiger partial charge < -0.3 is 10.5 Å². The highest BCUT2D eigenvalue weighted by Crippen LogP contribution is 2.25. The summed E-state index contributed by atoms with van der Waals surface area (Å²) >= 11 is 7.73. The topological polar surface area (TPSA) is 59.1 Å². The lowest BCUT2D eigenvalue weighted by molar-refractivity contribution is 0.322. The van der Waals surface area contributed by atoms with Gasteiger partial charge in [-0.15, -0.1) is 0 Å². The first-order valence-electron chi connectivity index (χ1n) is 5.44. The van der Waals surface area contributed by atoms with E-state index in [0.717, 1.165) is 6.42 Å². The third kappa shape index (κ3) is 3.24. The molecule has 2 rings (SSSR count). The van der Waals surface area contributed by atoms with E-state index in [0.29, 0.717) is 22.9 Å². The number of thiophene rings is 1. The van der Waals surface area contributed by atoms with Gasteiger partial charge in [-0.3, -0.25) is 5.41 Å². The number of nitrogen functional groups attached to an aromatic ring is 1. The molecule has 0 unspecified atom stereocenters. The van der Waals surface area contributed by atoms with Gasteiger partial charge in [-0.25, -0.2) is 0 Å². The zero-order chi connectivity index (χ0) is 13.0. The van der Waals surface area contributed by atoms with E-state index in [9.17, 15) is 0 Å².